The van der Waals surface area contributed by atoms with E-state index in [0.29, 0.717) is 28.4 Å². The number of fused-ring (bicyclic) bond motifs is 1. The average Bonchev–Trinajstić information content (AvgIpc) is 2.84. The Kier molecular flexibility index (Phi) is 6.36. The fourth-order valence-electron chi connectivity index (χ4n) is 4.21. The van der Waals surface area contributed by atoms with Crippen molar-refractivity contribution in [1.82, 2.24) is 4.90 Å². The zero-order valence-electron chi connectivity index (χ0n) is 17.5. The standard InChI is InChI=1S/C25H19Cl3N4S/c26-18-3-1-17(2-4-18)24-23(13-29)25-30(15-32(24)22-11-7-20(28)8-12-22)14-31(16-33-25)21-9-5-19(27)6-10-21/h1-12,24H,14-16H2/t24-/m0/s1. The Morgan fingerprint density at radius 2 is 1.27 bits per heavy atom. The molecule has 1 atom stereocenters. The third kappa shape index (κ3) is 4.49. The molecule has 2 aliphatic rings. The summed E-state index contributed by atoms with van der Waals surface area (Å²) in [6.07, 6.45) is 0. The van der Waals surface area contributed by atoms with Crippen molar-refractivity contribution >= 4 is 57.9 Å². The summed E-state index contributed by atoms with van der Waals surface area (Å²) in [5, 5.41) is 13.4. The largest absolute Gasteiger partial charge is 0.344 e. The number of nitrogens with zero attached hydrogens (tertiary/aromatic N) is 4. The minimum atomic E-state index is -0.214. The number of hydrogen-bond donors (Lipinski definition) is 0. The average molecular weight is 514 g/mol. The van der Waals surface area contributed by atoms with Crippen molar-refractivity contribution in [2.24, 2.45) is 0 Å². The highest BCUT2D eigenvalue weighted by Gasteiger charge is 2.38. The van der Waals surface area contributed by atoms with Gasteiger partial charge >= 0.3 is 0 Å². The van der Waals surface area contributed by atoms with Gasteiger partial charge in [-0.25, -0.2) is 0 Å². The summed E-state index contributed by atoms with van der Waals surface area (Å²) in [5.41, 5.74) is 3.86. The number of nitriles is 1. The van der Waals surface area contributed by atoms with Gasteiger partial charge in [0.05, 0.1) is 35.9 Å². The summed E-state index contributed by atoms with van der Waals surface area (Å²) in [7, 11) is 0. The Morgan fingerprint density at radius 3 is 1.85 bits per heavy atom. The van der Waals surface area contributed by atoms with Gasteiger partial charge in [0.25, 0.3) is 0 Å². The first-order valence-electron chi connectivity index (χ1n) is 10.3. The highest BCUT2D eigenvalue weighted by Crippen LogP contribution is 2.44. The fourth-order valence-corrected chi connectivity index (χ4v) is 5.71. The first-order chi connectivity index (χ1) is 16.0. The van der Waals surface area contributed by atoms with E-state index in [4.69, 9.17) is 34.8 Å². The molecule has 0 radical (unpaired) electrons. The van der Waals surface area contributed by atoms with E-state index >= 15 is 0 Å². The molecule has 0 amide bonds. The van der Waals surface area contributed by atoms with Gasteiger partial charge in [-0.15, -0.1) is 0 Å². The predicted octanol–water partition coefficient (Wildman–Crippen LogP) is 7.37. The maximum Gasteiger partial charge on any atom is 0.100 e. The summed E-state index contributed by atoms with van der Waals surface area (Å²) in [6, 6.07) is 25.7. The first kappa shape index (κ1) is 22.3. The molecule has 1 saturated heterocycles. The van der Waals surface area contributed by atoms with Crippen molar-refractivity contribution in [2.45, 2.75) is 6.04 Å². The fraction of sp³-hybridized carbons (Fsp3) is 0.160. The predicted molar refractivity (Wildman–Crippen MR) is 139 cm³/mol. The van der Waals surface area contributed by atoms with E-state index in [0.717, 1.165) is 33.4 Å². The van der Waals surface area contributed by atoms with Gasteiger partial charge in [0.1, 0.15) is 6.07 Å². The van der Waals surface area contributed by atoms with Gasteiger partial charge in [-0.05, 0) is 66.2 Å². The summed E-state index contributed by atoms with van der Waals surface area (Å²) in [6.45, 7) is 1.30. The molecule has 8 heteroatoms. The van der Waals surface area contributed by atoms with Gasteiger partial charge in [0.2, 0.25) is 0 Å². The molecular weight excluding hydrogens is 495 g/mol. The second kappa shape index (κ2) is 9.40. The molecule has 0 aromatic heterocycles. The topological polar surface area (TPSA) is 33.5 Å². The van der Waals surface area contributed by atoms with E-state index in [2.05, 4.69) is 20.8 Å². The van der Waals surface area contributed by atoms with E-state index in [-0.39, 0.29) is 6.04 Å². The lowest BCUT2D eigenvalue weighted by molar-refractivity contribution is 0.326. The van der Waals surface area contributed by atoms with Crippen LogP contribution < -0.4 is 9.80 Å². The van der Waals surface area contributed by atoms with Gasteiger partial charge in [0.15, 0.2) is 0 Å². The molecule has 0 bridgehead atoms. The van der Waals surface area contributed by atoms with Gasteiger partial charge in [-0.1, -0.05) is 58.7 Å². The van der Waals surface area contributed by atoms with Crippen molar-refractivity contribution in [3.63, 3.8) is 0 Å². The molecular formula is C25H19Cl3N4S. The molecule has 3 aromatic carbocycles. The van der Waals surface area contributed by atoms with Crippen LogP contribution >= 0.6 is 46.6 Å². The molecule has 166 valence electrons. The van der Waals surface area contributed by atoms with Crippen LogP contribution in [-0.2, 0) is 0 Å². The molecule has 2 aliphatic heterocycles. The van der Waals surface area contributed by atoms with Crippen LogP contribution in [0.1, 0.15) is 11.6 Å². The Balaban J connectivity index is 1.56. The van der Waals surface area contributed by atoms with Gasteiger partial charge in [-0.2, -0.15) is 5.26 Å². The minimum absolute atomic E-state index is 0.214. The van der Waals surface area contributed by atoms with Crippen LogP contribution in [0.2, 0.25) is 15.1 Å². The maximum atomic E-state index is 10.3. The van der Waals surface area contributed by atoms with E-state index in [9.17, 15) is 5.26 Å². The van der Waals surface area contributed by atoms with E-state index in [1.807, 2.05) is 72.8 Å². The number of anilines is 2. The van der Waals surface area contributed by atoms with Crippen LogP contribution in [0.3, 0.4) is 0 Å². The van der Waals surface area contributed by atoms with Crippen molar-refractivity contribution in [3.8, 4) is 6.07 Å². The molecule has 0 N–H and O–H groups in total. The summed E-state index contributed by atoms with van der Waals surface area (Å²) >= 11 is 20.1. The Labute approximate surface area is 212 Å². The zero-order valence-corrected chi connectivity index (χ0v) is 20.5. The Hall–Kier alpha value is -2.49. The highest BCUT2D eigenvalue weighted by molar-refractivity contribution is 8.03. The van der Waals surface area contributed by atoms with E-state index in [1.165, 1.54) is 0 Å². The van der Waals surface area contributed by atoms with Crippen LogP contribution in [0.4, 0.5) is 11.4 Å². The molecule has 4 nitrogen and oxygen atoms in total. The maximum absolute atomic E-state index is 10.3. The number of halogens is 3. The monoisotopic (exact) mass is 512 g/mol. The molecule has 33 heavy (non-hydrogen) atoms. The first-order valence-corrected chi connectivity index (χ1v) is 12.5. The lowest BCUT2D eigenvalue weighted by Gasteiger charge is -2.48. The van der Waals surface area contributed by atoms with Crippen molar-refractivity contribution < 1.29 is 0 Å². The second-order valence-corrected chi connectivity index (χ2v) is 10.1. The number of thioether (sulfide) groups is 1. The molecule has 3 aromatic rings. The Bertz CT molecular complexity index is 1220. The highest BCUT2D eigenvalue weighted by atomic mass is 35.5. The van der Waals surface area contributed by atoms with E-state index in [1.54, 1.807) is 11.8 Å². The van der Waals surface area contributed by atoms with Crippen LogP contribution in [-0.4, -0.2) is 24.1 Å². The van der Waals surface area contributed by atoms with Gasteiger partial charge < -0.3 is 14.7 Å². The molecule has 1 fully saturated rings. The summed E-state index contributed by atoms with van der Waals surface area (Å²) in [5.74, 6) is 0.757. The number of hydrogen-bond acceptors (Lipinski definition) is 5. The van der Waals surface area contributed by atoms with Crippen molar-refractivity contribution in [3.05, 3.63) is 104 Å². The normalized spacial score (nSPS) is 18.2. The van der Waals surface area contributed by atoms with Crippen LogP contribution in [0.25, 0.3) is 0 Å². The molecule has 0 saturated carbocycles. The van der Waals surface area contributed by atoms with Gasteiger partial charge in [-0.3, -0.25) is 0 Å². The SMILES string of the molecule is N#CC1=C2SCN(c3ccc(Cl)cc3)CN2CN(c2ccc(Cl)cc2)[C@H]1c1ccc(Cl)cc1. The van der Waals surface area contributed by atoms with Gasteiger partial charge in [0, 0.05) is 26.4 Å². The smallest absolute Gasteiger partial charge is 0.100 e. The summed E-state index contributed by atoms with van der Waals surface area (Å²) < 4.78 is 0. The van der Waals surface area contributed by atoms with Crippen LogP contribution in [0.5, 0.6) is 0 Å². The number of benzene rings is 3. The van der Waals surface area contributed by atoms with Crippen molar-refractivity contribution in [1.29, 1.82) is 5.26 Å². The molecule has 5 rings (SSSR count). The second-order valence-electron chi connectivity index (χ2n) is 7.84. The quantitative estimate of drug-likeness (QED) is 0.365. The molecule has 0 aliphatic carbocycles. The Morgan fingerprint density at radius 1 is 0.727 bits per heavy atom. The zero-order chi connectivity index (χ0) is 22.9. The third-order valence-electron chi connectivity index (χ3n) is 5.78. The molecule has 0 spiro atoms. The number of rotatable bonds is 3. The lowest BCUT2D eigenvalue weighted by Crippen LogP contribution is -2.51. The molecule has 2 heterocycles. The minimum Gasteiger partial charge on any atom is -0.344 e. The van der Waals surface area contributed by atoms with Crippen molar-refractivity contribution in [2.75, 3.05) is 29.0 Å². The lowest BCUT2D eigenvalue weighted by atomic mass is 9.96. The third-order valence-corrected chi connectivity index (χ3v) is 7.73. The molecule has 0 unspecified atom stereocenters. The summed E-state index contributed by atoms with van der Waals surface area (Å²) in [4.78, 5) is 6.78. The van der Waals surface area contributed by atoms with Crippen LogP contribution in [0.15, 0.2) is 83.4 Å². The van der Waals surface area contributed by atoms with E-state index < -0.39 is 0 Å². The van der Waals surface area contributed by atoms with Crippen LogP contribution in [0, 0.1) is 11.3 Å².